The molecule has 3 heteroatoms. The van der Waals surface area contributed by atoms with Crippen LogP contribution in [0.1, 0.15) is 12.0 Å². The molecule has 1 aliphatic heterocycles. The van der Waals surface area contributed by atoms with Crippen molar-refractivity contribution in [3.05, 3.63) is 35.9 Å². The van der Waals surface area contributed by atoms with E-state index < -0.39 is 0 Å². The molecule has 1 fully saturated rings. The van der Waals surface area contributed by atoms with E-state index in [1.807, 2.05) is 0 Å². The maximum absolute atomic E-state index is 8.97. The summed E-state index contributed by atoms with van der Waals surface area (Å²) in [4.78, 5) is 4.91. The Labute approximate surface area is 110 Å². The van der Waals surface area contributed by atoms with Crippen molar-refractivity contribution in [3.8, 4) is 0 Å². The highest BCUT2D eigenvalue weighted by Gasteiger charge is 2.13. The first kappa shape index (κ1) is 13.5. The van der Waals surface area contributed by atoms with Gasteiger partial charge in [-0.3, -0.25) is 4.90 Å². The fraction of sp³-hybridized carbons (Fsp3) is 0.600. The number of benzene rings is 1. The molecule has 18 heavy (non-hydrogen) atoms. The molecule has 0 atom stereocenters. The molecule has 1 aromatic carbocycles. The second-order valence-corrected chi connectivity index (χ2v) is 5.00. The van der Waals surface area contributed by atoms with Crippen molar-refractivity contribution in [2.45, 2.75) is 12.8 Å². The minimum atomic E-state index is 0.282. The molecule has 2 rings (SSSR count). The summed E-state index contributed by atoms with van der Waals surface area (Å²) in [7, 11) is 0. The second-order valence-electron chi connectivity index (χ2n) is 5.00. The first-order chi connectivity index (χ1) is 8.88. The van der Waals surface area contributed by atoms with Gasteiger partial charge in [0, 0.05) is 26.2 Å². The first-order valence-electron chi connectivity index (χ1n) is 6.98. The number of hydrogen-bond donors (Lipinski definition) is 1. The van der Waals surface area contributed by atoms with E-state index in [9.17, 15) is 0 Å². The number of β-amino-alcohol motifs (C(OH)–C–C–N with tert-alkyl or cyclic N) is 1. The molecule has 0 spiro atoms. The second kappa shape index (κ2) is 7.52. The van der Waals surface area contributed by atoms with Crippen molar-refractivity contribution < 1.29 is 5.11 Å². The quantitative estimate of drug-likeness (QED) is 0.849. The first-order valence-corrected chi connectivity index (χ1v) is 6.98. The fourth-order valence-corrected chi connectivity index (χ4v) is 2.54. The van der Waals surface area contributed by atoms with Crippen molar-refractivity contribution in [1.82, 2.24) is 9.80 Å². The highest BCUT2D eigenvalue weighted by Crippen LogP contribution is 2.05. The van der Waals surface area contributed by atoms with Crippen molar-refractivity contribution in [3.63, 3.8) is 0 Å². The van der Waals surface area contributed by atoms with Crippen LogP contribution < -0.4 is 0 Å². The summed E-state index contributed by atoms with van der Waals surface area (Å²) < 4.78 is 0. The Hall–Kier alpha value is -0.900. The molecular formula is C15H24N2O. The maximum atomic E-state index is 8.97. The van der Waals surface area contributed by atoms with Gasteiger partial charge in [0.15, 0.2) is 0 Å². The molecule has 3 nitrogen and oxygen atoms in total. The van der Waals surface area contributed by atoms with Crippen molar-refractivity contribution >= 4 is 0 Å². The number of hydrogen-bond acceptors (Lipinski definition) is 3. The Balaban J connectivity index is 1.73. The molecule has 0 aliphatic carbocycles. The van der Waals surface area contributed by atoms with Crippen LogP contribution in [-0.4, -0.2) is 60.8 Å². The van der Waals surface area contributed by atoms with E-state index in [0.29, 0.717) is 0 Å². The zero-order valence-electron chi connectivity index (χ0n) is 11.1. The third-order valence-corrected chi connectivity index (χ3v) is 3.66. The van der Waals surface area contributed by atoms with E-state index in [1.54, 1.807) is 0 Å². The van der Waals surface area contributed by atoms with Gasteiger partial charge >= 0.3 is 0 Å². The molecule has 1 saturated heterocycles. The summed E-state index contributed by atoms with van der Waals surface area (Å²) in [6.07, 6.45) is 2.36. The molecular weight excluding hydrogens is 224 g/mol. The van der Waals surface area contributed by atoms with E-state index in [2.05, 4.69) is 40.1 Å². The van der Waals surface area contributed by atoms with Gasteiger partial charge < -0.3 is 10.0 Å². The maximum Gasteiger partial charge on any atom is 0.0558 e. The van der Waals surface area contributed by atoms with Gasteiger partial charge in [0.2, 0.25) is 0 Å². The normalized spacial score (nSPS) is 18.7. The van der Waals surface area contributed by atoms with Crippen LogP contribution in [0, 0.1) is 0 Å². The molecule has 1 aliphatic rings. The zero-order valence-corrected chi connectivity index (χ0v) is 11.1. The van der Waals surface area contributed by atoms with Crippen molar-refractivity contribution in [1.29, 1.82) is 0 Å². The molecule has 1 aromatic rings. The van der Waals surface area contributed by atoms with Gasteiger partial charge in [0.05, 0.1) is 6.61 Å². The predicted octanol–water partition coefficient (Wildman–Crippen LogP) is 1.23. The summed E-state index contributed by atoms with van der Waals surface area (Å²) in [6.45, 7) is 6.80. The average Bonchev–Trinajstić information content (AvgIpc) is 2.64. The van der Waals surface area contributed by atoms with Crippen LogP contribution in [0.4, 0.5) is 0 Å². The lowest BCUT2D eigenvalue weighted by atomic mass is 10.1. The molecule has 0 bridgehead atoms. The van der Waals surface area contributed by atoms with Crippen LogP contribution in [0.2, 0.25) is 0 Å². The predicted molar refractivity (Wildman–Crippen MR) is 74.7 cm³/mol. The number of aliphatic hydroxyl groups excluding tert-OH is 1. The average molecular weight is 248 g/mol. The van der Waals surface area contributed by atoms with Crippen LogP contribution in [0.15, 0.2) is 30.3 Å². The molecule has 0 unspecified atom stereocenters. The number of aliphatic hydroxyl groups is 1. The van der Waals surface area contributed by atoms with Crippen LogP contribution >= 0.6 is 0 Å². The van der Waals surface area contributed by atoms with E-state index in [4.69, 9.17) is 5.11 Å². The van der Waals surface area contributed by atoms with Crippen LogP contribution in [0.3, 0.4) is 0 Å². The SMILES string of the molecule is OCCN1CCCN(CCc2ccccc2)CC1. The van der Waals surface area contributed by atoms with Gasteiger partial charge in [-0.15, -0.1) is 0 Å². The summed E-state index contributed by atoms with van der Waals surface area (Å²) in [5, 5.41) is 8.97. The van der Waals surface area contributed by atoms with E-state index >= 15 is 0 Å². The lowest BCUT2D eigenvalue weighted by molar-refractivity contribution is 0.197. The van der Waals surface area contributed by atoms with Gasteiger partial charge in [-0.05, 0) is 31.5 Å². The summed E-state index contributed by atoms with van der Waals surface area (Å²) in [6, 6.07) is 10.7. The highest BCUT2D eigenvalue weighted by molar-refractivity contribution is 5.14. The highest BCUT2D eigenvalue weighted by atomic mass is 16.3. The van der Waals surface area contributed by atoms with Gasteiger partial charge in [-0.1, -0.05) is 30.3 Å². The van der Waals surface area contributed by atoms with Crippen LogP contribution in [0.25, 0.3) is 0 Å². The Kier molecular flexibility index (Phi) is 5.65. The lowest BCUT2D eigenvalue weighted by Gasteiger charge is -2.21. The van der Waals surface area contributed by atoms with Gasteiger partial charge in [-0.2, -0.15) is 0 Å². The van der Waals surface area contributed by atoms with Gasteiger partial charge in [0.1, 0.15) is 0 Å². The smallest absolute Gasteiger partial charge is 0.0558 e. The molecule has 100 valence electrons. The molecule has 0 radical (unpaired) electrons. The Morgan fingerprint density at radius 1 is 0.889 bits per heavy atom. The zero-order chi connectivity index (χ0) is 12.6. The summed E-state index contributed by atoms with van der Waals surface area (Å²) in [5.41, 5.74) is 1.42. The lowest BCUT2D eigenvalue weighted by Crippen LogP contribution is -2.33. The third-order valence-electron chi connectivity index (χ3n) is 3.66. The molecule has 1 N–H and O–H groups in total. The van der Waals surface area contributed by atoms with Crippen LogP contribution in [-0.2, 0) is 6.42 Å². The summed E-state index contributed by atoms with van der Waals surface area (Å²) >= 11 is 0. The van der Waals surface area contributed by atoms with Crippen molar-refractivity contribution in [2.75, 3.05) is 45.9 Å². The fourth-order valence-electron chi connectivity index (χ4n) is 2.54. The number of rotatable bonds is 5. The Morgan fingerprint density at radius 3 is 2.22 bits per heavy atom. The largest absolute Gasteiger partial charge is 0.395 e. The minimum Gasteiger partial charge on any atom is -0.395 e. The van der Waals surface area contributed by atoms with Gasteiger partial charge in [-0.25, -0.2) is 0 Å². The van der Waals surface area contributed by atoms with Crippen molar-refractivity contribution in [2.24, 2.45) is 0 Å². The number of nitrogens with zero attached hydrogens (tertiary/aromatic N) is 2. The monoisotopic (exact) mass is 248 g/mol. The van der Waals surface area contributed by atoms with E-state index in [-0.39, 0.29) is 6.61 Å². The molecule has 0 saturated carbocycles. The molecule has 0 aromatic heterocycles. The van der Waals surface area contributed by atoms with Gasteiger partial charge in [0.25, 0.3) is 0 Å². The van der Waals surface area contributed by atoms with Crippen LogP contribution in [0.5, 0.6) is 0 Å². The summed E-state index contributed by atoms with van der Waals surface area (Å²) in [5.74, 6) is 0. The Morgan fingerprint density at radius 2 is 1.56 bits per heavy atom. The third kappa shape index (κ3) is 4.41. The molecule has 1 heterocycles. The van der Waals surface area contributed by atoms with E-state index in [0.717, 1.165) is 39.1 Å². The van der Waals surface area contributed by atoms with E-state index in [1.165, 1.54) is 18.5 Å². The Bertz CT molecular complexity index is 329. The topological polar surface area (TPSA) is 26.7 Å². The molecule has 0 amide bonds. The standard InChI is InChI=1S/C15H24N2O/c18-14-13-17-9-4-8-16(11-12-17)10-7-15-5-2-1-3-6-15/h1-3,5-6,18H,4,7-14H2. The minimum absolute atomic E-state index is 0.282.